The average Bonchev–Trinajstić information content (AvgIpc) is 3.52. The van der Waals surface area contributed by atoms with Crippen molar-refractivity contribution in [2.24, 2.45) is 0 Å². The third-order valence-electron chi connectivity index (χ3n) is 4.45. The summed E-state index contributed by atoms with van der Waals surface area (Å²) in [5.74, 6) is -0.355. The van der Waals surface area contributed by atoms with E-state index in [9.17, 15) is 14.9 Å². The molecule has 0 atom stereocenters. The predicted molar refractivity (Wildman–Crippen MR) is 125 cm³/mol. The molecule has 164 valence electrons. The summed E-state index contributed by atoms with van der Waals surface area (Å²) in [6.45, 7) is -0.505. The van der Waals surface area contributed by atoms with E-state index in [4.69, 9.17) is 4.74 Å². The van der Waals surface area contributed by atoms with Gasteiger partial charge in [0.05, 0.1) is 28.7 Å². The van der Waals surface area contributed by atoms with E-state index in [1.807, 2.05) is 41.8 Å². The van der Waals surface area contributed by atoms with Gasteiger partial charge in [-0.2, -0.15) is 10.4 Å². The normalized spacial score (nSPS) is 10.4. The third kappa shape index (κ3) is 5.46. The monoisotopic (exact) mass is 475 g/mol. The number of amides is 1. The summed E-state index contributed by atoms with van der Waals surface area (Å²) in [6.07, 6.45) is 1.37. The number of rotatable bonds is 8. The van der Waals surface area contributed by atoms with Crippen LogP contribution in [-0.2, 0) is 15.3 Å². The Labute approximate surface area is 197 Å². The Hall–Kier alpha value is -3.94. The number of nitrogens with one attached hydrogen (secondary N) is 1. The molecule has 33 heavy (non-hydrogen) atoms. The van der Waals surface area contributed by atoms with Crippen LogP contribution in [0.4, 0.5) is 5.82 Å². The lowest BCUT2D eigenvalue weighted by molar-refractivity contribution is -0.119. The SMILES string of the molecule is N#Cc1cnn(-c2ccccc2)c1NC(=O)COC(=O)c1ccccc1SCc1cscn1. The molecule has 0 saturated heterocycles. The molecule has 0 aliphatic rings. The first kappa shape index (κ1) is 22.3. The van der Waals surface area contributed by atoms with Gasteiger partial charge in [0.2, 0.25) is 0 Å². The number of hydrogen-bond donors (Lipinski definition) is 1. The van der Waals surface area contributed by atoms with Crippen molar-refractivity contribution in [3.8, 4) is 11.8 Å². The van der Waals surface area contributed by atoms with Crippen LogP contribution >= 0.6 is 23.1 Å². The largest absolute Gasteiger partial charge is 0.452 e. The molecule has 0 unspecified atom stereocenters. The van der Waals surface area contributed by atoms with Crippen molar-refractivity contribution in [1.29, 1.82) is 5.26 Å². The maximum absolute atomic E-state index is 12.6. The van der Waals surface area contributed by atoms with Crippen LogP contribution in [0, 0.1) is 11.3 Å². The maximum Gasteiger partial charge on any atom is 0.339 e. The van der Waals surface area contributed by atoms with Crippen molar-refractivity contribution in [3.63, 3.8) is 0 Å². The zero-order valence-electron chi connectivity index (χ0n) is 17.2. The molecule has 1 amide bonds. The molecule has 8 nitrogen and oxygen atoms in total. The fraction of sp³-hybridized carbons (Fsp3) is 0.0870. The Balaban J connectivity index is 1.41. The molecule has 2 heterocycles. The molecule has 0 aliphatic heterocycles. The van der Waals surface area contributed by atoms with Gasteiger partial charge in [0.25, 0.3) is 5.91 Å². The van der Waals surface area contributed by atoms with Gasteiger partial charge in [-0.3, -0.25) is 4.79 Å². The first-order valence-corrected chi connectivity index (χ1v) is 11.7. The molecule has 4 aromatic rings. The minimum atomic E-state index is -0.608. The van der Waals surface area contributed by atoms with E-state index < -0.39 is 18.5 Å². The highest BCUT2D eigenvalue weighted by molar-refractivity contribution is 7.98. The van der Waals surface area contributed by atoms with E-state index in [1.54, 1.807) is 29.8 Å². The van der Waals surface area contributed by atoms with E-state index in [0.717, 1.165) is 10.6 Å². The summed E-state index contributed by atoms with van der Waals surface area (Å²) in [7, 11) is 0. The Bertz CT molecular complexity index is 1300. The van der Waals surface area contributed by atoms with Crippen LogP contribution in [0.2, 0.25) is 0 Å². The Morgan fingerprint density at radius 1 is 1.15 bits per heavy atom. The van der Waals surface area contributed by atoms with Crippen molar-refractivity contribution < 1.29 is 14.3 Å². The molecule has 0 radical (unpaired) electrons. The minimum absolute atomic E-state index is 0.197. The van der Waals surface area contributed by atoms with Gasteiger partial charge in [0.15, 0.2) is 12.4 Å². The van der Waals surface area contributed by atoms with E-state index in [0.29, 0.717) is 17.0 Å². The summed E-state index contributed by atoms with van der Waals surface area (Å²) < 4.78 is 6.69. The Morgan fingerprint density at radius 2 is 1.94 bits per heavy atom. The topological polar surface area (TPSA) is 110 Å². The summed E-state index contributed by atoms with van der Waals surface area (Å²) in [6, 6.07) is 18.1. The van der Waals surface area contributed by atoms with Crippen LogP contribution in [0.1, 0.15) is 21.6 Å². The number of benzene rings is 2. The first-order valence-electron chi connectivity index (χ1n) is 9.75. The molecule has 1 N–H and O–H groups in total. The second-order valence-corrected chi connectivity index (χ2v) is 8.39. The van der Waals surface area contributed by atoms with E-state index in [2.05, 4.69) is 15.4 Å². The number of thiazole rings is 1. The average molecular weight is 476 g/mol. The van der Waals surface area contributed by atoms with Crippen molar-refractivity contribution in [3.05, 3.63) is 88.5 Å². The van der Waals surface area contributed by atoms with Crippen molar-refractivity contribution in [2.45, 2.75) is 10.6 Å². The summed E-state index contributed by atoms with van der Waals surface area (Å²) in [5.41, 5.74) is 3.93. The highest BCUT2D eigenvalue weighted by Crippen LogP contribution is 2.27. The number of aromatic nitrogens is 3. The second kappa shape index (κ2) is 10.6. The fourth-order valence-electron chi connectivity index (χ4n) is 2.91. The number of esters is 1. The molecule has 0 spiro atoms. The molecule has 0 saturated carbocycles. The smallest absolute Gasteiger partial charge is 0.339 e. The molecule has 2 aromatic carbocycles. The van der Waals surface area contributed by atoms with Crippen molar-refractivity contribution in [2.75, 3.05) is 11.9 Å². The van der Waals surface area contributed by atoms with E-state index >= 15 is 0 Å². The number of para-hydroxylation sites is 1. The number of hydrogen-bond acceptors (Lipinski definition) is 8. The summed E-state index contributed by atoms with van der Waals surface area (Å²) in [4.78, 5) is 30.1. The number of carbonyl (C=O) groups is 2. The Morgan fingerprint density at radius 3 is 2.70 bits per heavy atom. The number of carbonyl (C=O) groups excluding carboxylic acids is 2. The minimum Gasteiger partial charge on any atom is -0.452 e. The molecule has 0 aliphatic carbocycles. The lowest BCUT2D eigenvalue weighted by Crippen LogP contribution is -2.23. The number of thioether (sulfide) groups is 1. The van der Waals surface area contributed by atoms with Crippen molar-refractivity contribution in [1.82, 2.24) is 14.8 Å². The van der Waals surface area contributed by atoms with Gasteiger partial charge in [0.1, 0.15) is 11.6 Å². The van der Waals surface area contributed by atoms with Crippen molar-refractivity contribution >= 4 is 40.8 Å². The first-order chi connectivity index (χ1) is 16.2. The van der Waals surface area contributed by atoms with Crippen LogP contribution in [0.25, 0.3) is 5.69 Å². The number of nitriles is 1. The maximum atomic E-state index is 12.6. The van der Waals surface area contributed by atoms with Crippen LogP contribution < -0.4 is 5.32 Å². The third-order valence-corrected chi connectivity index (χ3v) is 6.19. The van der Waals surface area contributed by atoms with Gasteiger partial charge < -0.3 is 10.1 Å². The molecular weight excluding hydrogens is 458 g/mol. The molecule has 10 heteroatoms. The van der Waals surface area contributed by atoms with Crippen LogP contribution in [0.5, 0.6) is 0 Å². The van der Waals surface area contributed by atoms with Gasteiger partial charge in [-0.1, -0.05) is 30.3 Å². The van der Waals surface area contributed by atoms with Crippen LogP contribution in [-0.4, -0.2) is 33.2 Å². The van der Waals surface area contributed by atoms with Gasteiger partial charge in [0, 0.05) is 16.0 Å². The van der Waals surface area contributed by atoms with Crippen LogP contribution in [0.15, 0.2) is 76.6 Å². The zero-order valence-corrected chi connectivity index (χ0v) is 18.8. The highest BCUT2D eigenvalue weighted by Gasteiger charge is 2.18. The molecule has 0 fully saturated rings. The lowest BCUT2D eigenvalue weighted by atomic mass is 10.2. The molecule has 4 rings (SSSR count). The van der Waals surface area contributed by atoms with Gasteiger partial charge >= 0.3 is 5.97 Å². The number of nitrogens with zero attached hydrogens (tertiary/aromatic N) is 4. The number of anilines is 1. The van der Waals surface area contributed by atoms with Crippen LogP contribution in [0.3, 0.4) is 0 Å². The zero-order chi connectivity index (χ0) is 23.0. The standard InChI is InChI=1S/C23H17N5O3S2/c24-10-16-11-26-28(18-6-2-1-3-7-18)22(16)27-21(29)12-31-23(30)19-8-4-5-9-20(19)33-14-17-13-32-15-25-17/h1-9,11,13,15H,12,14H2,(H,27,29). The Kier molecular flexibility index (Phi) is 7.14. The highest BCUT2D eigenvalue weighted by atomic mass is 32.2. The summed E-state index contributed by atoms with van der Waals surface area (Å²) >= 11 is 2.98. The van der Waals surface area contributed by atoms with Gasteiger partial charge in [-0.25, -0.2) is 14.5 Å². The van der Waals surface area contributed by atoms with E-state index in [-0.39, 0.29) is 11.4 Å². The molecule has 2 aromatic heterocycles. The van der Waals surface area contributed by atoms with Gasteiger partial charge in [-0.15, -0.1) is 23.1 Å². The second-order valence-electron chi connectivity index (χ2n) is 6.65. The molecular formula is C23H17N5O3S2. The van der Waals surface area contributed by atoms with Gasteiger partial charge in [-0.05, 0) is 24.3 Å². The molecule has 0 bridgehead atoms. The number of ether oxygens (including phenoxy) is 1. The predicted octanol–water partition coefficient (Wildman–Crippen LogP) is 4.29. The fourth-order valence-corrected chi connectivity index (χ4v) is 4.52. The quantitative estimate of drug-likeness (QED) is 0.299. The summed E-state index contributed by atoms with van der Waals surface area (Å²) in [5, 5.41) is 18.1. The lowest BCUT2D eigenvalue weighted by Gasteiger charge is -2.11. The van der Waals surface area contributed by atoms with E-state index in [1.165, 1.54) is 34.0 Å².